The third-order valence-corrected chi connectivity index (χ3v) is 2.53. The quantitative estimate of drug-likeness (QED) is 0.919. The van der Waals surface area contributed by atoms with E-state index in [0.29, 0.717) is 0 Å². The van der Waals surface area contributed by atoms with Gasteiger partial charge in [0.15, 0.2) is 0 Å². The predicted molar refractivity (Wildman–Crippen MR) is 56.9 cm³/mol. The Balaban J connectivity index is 2.70. The highest BCUT2D eigenvalue weighted by Gasteiger charge is 2.31. The Bertz CT molecular complexity index is 621. The predicted octanol–water partition coefficient (Wildman–Crippen LogP) is 2.79. The van der Waals surface area contributed by atoms with Gasteiger partial charge in [0, 0.05) is 11.8 Å². The number of carbonyl (C=O) groups is 1. The van der Waals surface area contributed by atoms with Crippen LogP contribution in [-0.2, 0) is 6.42 Å². The van der Waals surface area contributed by atoms with E-state index in [9.17, 15) is 18.0 Å². The zero-order valence-corrected chi connectivity index (χ0v) is 9.46. The first-order valence-electron chi connectivity index (χ1n) is 4.74. The number of alkyl halides is 3. The van der Waals surface area contributed by atoms with Crippen molar-refractivity contribution in [2.24, 2.45) is 0 Å². The highest BCUT2D eigenvalue weighted by molar-refractivity contribution is 6.31. The molecule has 0 aromatic carbocycles. The lowest BCUT2D eigenvalue weighted by Crippen LogP contribution is -2.16. The number of nitrogens with zero attached hydrogens (tertiary/aromatic N) is 2. The molecule has 1 N–H and O–H groups in total. The van der Waals surface area contributed by atoms with Crippen LogP contribution in [0.1, 0.15) is 15.9 Å². The molecule has 0 aliphatic rings. The molecule has 0 unspecified atom stereocenters. The molecular formula is C10H6ClF3N2O2. The molecule has 4 nitrogen and oxygen atoms in total. The fraction of sp³-hybridized carbons (Fsp3) is 0.200. The number of fused-ring (bicyclic) bond motifs is 1. The Kier molecular flexibility index (Phi) is 2.94. The molecule has 0 bridgehead atoms. The normalized spacial score (nSPS) is 12.0. The summed E-state index contributed by atoms with van der Waals surface area (Å²) >= 11 is 5.67. The minimum atomic E-state index is -4.51. The first kappa shape index (κ1) is 12.7. The van der Waals surface area contributed by atoms with E-state index in [4.69, 9.17) is 16.7 Å². The Labute approximate surface area is 104 Å². The second kappa shape index (κ2) is 4.16. The SMILES string of the molecule is O=C(O)c1cnn2cc(Cl)cc2c1CC(F)(F)F. The molecule has 0 radical (unpaired) electrons. The molecule has 0 amide bonds. The van der Waals surface area contributed by atoms with Gasteiger partial charge in [-0.1, -0.05) is 11.6 Å². The molecule has 0 aliphatic heterocycles. The van der Waals surface area contributed by atoms with Gasteiger partial charge >= 0.3 is 12.1 Å². The van der Waals surface area contributed by atoms with Crippen molar-refractivity contribution in [2.75, 3.05) is 0 Å². The van der Waals surface area contributed by atoms with Crippen molar-refractivity contribution >= 4 is 23.1 Å². The molecule has 0 fully saturated rings. The summed E-state index contributed by atoms with van der Waals surface area (Å²) in [6, 6.07) is 1.25. The zero-order valence-electron chi connectivity index (χ0n) is 8.70. The third kappa shape index (κ3) is 2.40. The molecule has 2 aromatic heterocycles. The van der Waals surface area contributed by atoms with Crippen LogP contribution in [0.15, 0.2) is 18.5 Å². The van der Waals surface area contributed by atoms with Crippen LogP contribution in [0, 0.1) is 0 Å². The van der Waals surface area contributed by atoms with Gasteiger partial charge in [0.2, 0.25) is 0 Å². The number of hydrogen-bond donors (Lipinski definition) is 1. The van der Waals surface area contributed by atoms with E-state index in [0.717, 1.165) is 10.7 Å². The molecule has 0 saturated carbocycles. The van der Waals surface area contributed by atoms with Crippen molar-refractivity contribution in [3.63, 3.8) is 0 Å². The maximum Gasteiger partial charge on any atom is 0.393 e. The maximum absolute atomic E-state index is 12.5. The fourth-order valence-corrected chi connectivity index (χ4v) is 1.84. The second-order valence-electron chi connectivity index (χ2n) is 3.62. The topological polar surface area (TPSA) is 54.6 Å². The van der Waals surface area contributed by atoms with Crippen LogP contribution in [-0.4, -0.2) is 26.9 Å². The Morgan fingerprint density at radius 1 is 1.50 bits per heavy atom. The molecule has 0 atom stereocenters. The molecule has 0 saturated heterocycles. The van der Waals surface area contributed by atoms with Crippen molar-refractivity contribution in [1.29, 1.82) is 0 Å². The first-order chi connectivity index (χ1) is 8.28. The molecule has 2 aromatic rings. The van der Waals surface area contributed by atoms with Crippen molar-refractivity contribution in [3.8, 4) is 0 Å². The summed E-state index contributed by atoms with van der Waals surface area (Å²) in [7, 11) is 0. The van der Waals surface area contributed by atoms with Crippen molar-refractivity contribution in [1.82, 2.24) is 9.61 Å². The molecule has 18 heavy (non-hydrogen) atoms. The summed E-state index contributed by atoms with van der Waals surface area (Å²) in [5, 5.41) is 12.8. The highest BCUT2D eigenvalue weighted by Crippen LogP contribution is 2.28. The average molecular weight is 279 g/mol. The van der Waals surface area contributed by atoms with Gasteiger partial charge in [-0.3, -0.25) is 0 Å². The van der Waals surface area contributed by atoms with E-state index < -0.39 is 24.1 Å². The van der Waals surface area contributed by atoms with E-state index in [1.54, 1.807) is 0 Å². The monoisotopic (exact) mass is 278 g/mol. The largest absolute Gasteiger partial charge is 0.478 e. The van der Waals surface area contributed by atoms with E-state index in [1.807, 2.05) is 0 Å². The van der Waals surface area contributed by atoms with Crippen molar-refractivity contribution < 1.29 is 23.1 Å². The Morgan fingerprint density at radius 3 is 2.72 bits per heavy atom. The van der Waals surface area contributed by atoms with Gasteiger partial charge in [-0.2, -0.15) is 18.3 Å². The van der Waals surface area contributed by atoms with Crippen LogP contribution in [0.25, 0.3) is 5.52 Å². The van der Waals surface area contributed by atoms with Crippen molar-refractivity contribution in [3.05, 3.63) is 34.6 Å². The molecule has 2 heterocycles. The van der Waals surface area contributed by atoms with Crippen LogP contribution < -0.4 is 0 Å². The molecule has 96 valence electrons. The van der Waals surface area contributed by atoms with E-state index in [-0.39, 0.29) is 16.1 Å². The minimum absolute atomic E-state index is 0.0391. The maximum atomic E-state index is 12.5. The number of aromatic carboxylic acids is 1. The lowest BCUT2D eigenvalue weighted by molar-refractivity contribution is -0.127. The van der Waals surface area contributed by atoms with Gasteiger partial charge in [-0.25, -0.2) is 9.31 Å². The number of carboxylic acids is 1. The number of hydrogen-bond acceptors (Lipinski definition) is 2. The summed E-state index contributed by atoms with van der Waals surface area (Å²) in [5.41, 5.74) is -0.788. The number of halogens is 4. The zero-order chi connectivity index (χ0) is 13.5. The van der Waals surface area contributed by atoms with Gasteiger partial charge in [-0.05, 0) is 6.07 Å². The van der Waals surface area contributed by atoms with Gasteiger partial charge in [0.1, 0.15) is 0 Å². The Hall–Kier alpha value is -1.76. The molecular weight excluding hydrogens is 273 g/mol. The number of rotatable bonds is 2. The minimum Gasteiger partial charge on any atom is -0.478 e. The third-order valence-electron chi connectivity index (χ3n) is 2.32. The lowest BCUT2D eigenvalue weighted by atomic mass is 10.1. The van der Waals surface area contributed by atoms with Gasteiger partial charge in [0.25, 0.3) is 0 Å². The second-order valence-corrected chi connectivity index (χ2v) is 4.06. The van der Waals surface area contributed by atoms with Crippen LogP contribution in [0.4, 0.5) is 13.2 Å². The van der Waals surface area contributed by atoms with E-state index in [2.05, 4.69) is 5.10 Å². The van der Waals surface area contributed by atoms with Crippen molar-refractivity contribution in [2.45, 2.75) is 12.6 Å². The fourth-order valence-electron chi connectivity index (χ4n) is 1.65. The average Bonchev–Trinajstić information content (AvgIpc) is 2.56. The first-order valence-corrected chi connectivity index (χ1v) is 5.11. The summed E-state index contributed by atoms with van der Waals surface area (Å²) in [6.07, 6.45) is -3.67. The van der Waals surface area contributed by atoms with E-state index in [1.165, 1.54) is 12.3 Å². The van der Waals surface area contributed by atoms with Crippen LogP contribution >= 0.6 is 11.6 Å². The lowest BCUT2D eigenvalue weighted by Gasteiger charge is -2.10. The Morgan fingerprint density at radius 2 is 2.17 bits per heavy atom. The van der Waals surface area contributed by atoms with Gasteiger partial charge < -0.3 is 5.11 Å². The van der Waals surface area contributed by atoms with Crippen LogP contribution in [0.5, 0.6) is 0 Å². The van der Waals surface area contributed by atoms with E-state index >= 15 is 0 Å². The molecule has 2 rings (SSSR count). The summed E-state index contributed by atoms with van der Waals surface area (Å²) < 4.78 is 38.5. The summed E-state index contributed by atoms with van der Waals surface area (Å²) in [5.74, 6) is -1.46. The summed E-state index contributed by atoms with van der Waals surface area (Å²) in [4.78, 5) is 10.9. The molecule has 0 spiro atoms. The van der Waals surface area contributed by atoms with Crippen LogP contribution in [0.2, 0.25) is 5.02 Å². The molecule has 8 heteroatoms. The smallest absolute Gasteiger partial charge is 0.393 e. The standard InChI is InChI=1S/C10H6ClF3N2O2/c11-5-1-8-6(2-10(12,13)14)7(9(17)18)3-15-16(8)4-5/h1,3-4H,2H2,(H,17,18). The highest BCUT2D eigenvalue weighted by atomic mass is 35.5. The van der Waals surface area contributed by atoms with Gasteiger partial charge in [0.05, 0.1) is 28.7 Å². The number of aromatic nitrogens is 2. The van der Waals surface area contributed by atoms with Gasteiger partial charge in [-0.15, -0.1) is 0 Å². The summed E-state index contributed by atoms with van der Waals surface area (Å²) in [6.45, 7) is 0. The molecule has 0 aliphatic carbocycles. The number of carboxylic acid groups (broad SMARTS) is 1. The van der Waals surface area contributed by atoms with Crippen LogP contribution in [0.3, 0.4) is 0 Å².